The molecule has 5 aliphatic rings. The van der Waals surface area contributed by atoms with Gasteiger partial charge in [-0.3, -0.25) is 9.59 Å². The SMILES string of the molecule is CC(C)C[C@H](NC(=O)[C@H](CCCN=C(N)N[N+](=O)[O-])CC(=O)CO[C@H]1C[C@@H](C)CC[C@@H]1C(C)C)B1O[C@@H]2C[C@H]3C[C@H](C3(C)C)[C@]2(C)O1. The molecule has 4 N–H and O–H groups in total. The predicted molar refractivity (Wildman–Crippen MR) is 182 cm³/mol. The van der Waals surface area contributed by atoms with Crippen LogP contribution in [0.2, 0.25) is 0 Å². The lowest BCUT2D eigenvalue weighted by Gasteiger charge is -2.64. The molecule has 2 bridgehead atoms. The van der Waals surface area contributed by atoms with Gasteiger partial charge in [0.1, 0.15) is 6.61 Å². The number of carbonyl (C=O) groups excluding carboxylic acids is 2. The molecule has 266 valence electrons. The zero-order valence-electron chi connectivity index (χ0n) is 30.0. The van der Waals surface area contributed by atoms with Gasteiger partial charge in [-0.1, -0.05) is 60.3 Å². The third-order valence-electron chi connectivity index (χ3n) is 11.8. The fourth-order valence-corrected chi connectivity index (χ4v) is 8.95. The molecule has 47 heavy (non-hydrogen) atoms. The van der Waals surface area contributed by atoms with Gasteiger partial charge in [0.15, 0.2) is 10.8 Å². The molecular weight excluding hydrogens is 601 g/mol. The molecule has 12 nitrogen and oxygen atoms in total. The topological polar surface area (TPSA) is 167 Å². The van der Waals surface area contributed by atoms with E-state index in [9.17, 15) is 19.7 Å². The highest BCUT2D eigenvalue weighted by Gasteiger charge is 2.68. The lowest BCUT2D eigenvalue weighted by atomic mass is 9.43. The average molecular weight is 662 g/mol. The Morgan fingerprint density at radius 3 is 2.51 bits per heavy atom. The molecule has 1 aliphatic heterocycles. The number of nitrogens with zero attached hydrogens (tertiary/aromatic N) is 2. The molecule has 4 saturated carbocycles. The van der Waals surface area contributed by atoms with E-state index >= 15 is 0 Å². The Morgan fingerprint density at radius 2 is 1.87 bits per heavy atom. The number of hydrogen-bond donors (Lipinski definition) is 3. The molecule has 5 rings (SSSR count). The number of hydrazine groups is 1. The van der Waals surface area contributed by atoms with Gasteiger partial charge < -0.3 is 25.1 Å². The van der Waals surface area contributed by atoms with Crippen LogP contribution in [0.1, 0.15) is 113 Å². The van der Waals surface area contributed by atoms with E-state index in [1.165, 1.54) is 6.42 Å². The second-order valence-corrected chi connectivity index (χ2v) is 16.5. The van der Waals surface area contributed by atoms with Crippen molar-refractivity contribution in [2.45, 2.75) is 137 Å². The van der Waals surface area contributed by atoms with Crippen LogP contribution >= 0.6 is 0 Å². The van der Waals surface area contributed by atoms with E-state index < -0.39 is 23.7 Å². The Bertz CT molecular complexity index is 1150. The van der Waals surface area contributed by atoms with Crippen LogP contribution in [0.25, 0.3) is 0 Å². The molecule has 1 saturated heterocycles. The maximum Gasteiger partial charge on any atom is 0.481 e. The van der Waals surface area contributed by atoms with E-state index in [0.29, 0.717) is 48.9 Å². The third-order valence-corrected chi connectivity index (χ3v) is 11.8. The second-order valence-electron chi connectivity index (χ2n) is 16.5. The van der Waals surface area contributed by atoms with Crippen molar-refractivity contribution in [1.82, 2.24) is 10.7 Å². The summed E-state index contributed by atoms with van der Waals surface area (Å²) in [5.41, 5.74) is 7.22. The molecule has 0 aromatic carbocycles. The van der Waals surface area contributed by atoms with Crippen LogP contribution in [-0.4, -0.2) is 66.7 Å². The van der Waals surface area contributed by atoms with Crippen molar-refractivity contribution in [3.8, 4) is 0 Å². The second kappa shape index (κ2) is 15.5. The highest BCUT2D eigenvalue weighted by atomic mass is 16.7. The van der Waals surface area contributed by atoms with Gasteiger partial charge in [-0.05, 0) is 92.8 Å². The van der Waals surface area contributed by atoms with Gasteiger partial charge in [-0.15, -0.1) is 0 Å². The molecule has 0 spiro atoms. The number of amides is 1. The number of hydrogen-bond acceptors (Lipinski definition) is 8. The zero-order valence-corrected chi connectivity index (χ0v) is 30.0. The minimum absolute atomic E-state index is 0.00127. The standard InChI is InChI=1S/C34H60BN5O7/c1-20(2)14-30(35-46-29-18-24-17-28(33(24,6)7)34(29,8)47-35)38-31(42)23(10-9-13-37-32(36)39-40(43)44)16-25(41)19-45-27-15-22(5)11-12-26(27)21(3)4/h20-24,26-30H,9-19H2,1-8H3,(H,38,42)(H3,36,37,39)/t22-,23+,24+,26+,27-,28+,29+,30-,34-/m0/s1. The smallest absolute Gasteiger partial charge is 0.404 e. The highest BCUT2D eigenvalue weighted by molar-refractivity contribution is 6.47. The first-order valence-corrected chi connectivity index (χ1v) is 18.0. The fourth-order valence-electron chi connectivity index (χ4n) is 8.95. The van der Waals surface area contributed by atoms with E-state index in [0.717, 1.165) is 25.7 Å². The summed E-state index contributed by atoms with van der Waals surface area (Å²) in [5.74, 6) is 1.11. The van der Waals surface area contributed by atoms with Gasteiger partial charge in [0.05, 0.1) is 23.8 Å². The summed E-state index contributed by atoms with van der Waals surface area (Å²) in [6.45, 7) is 17.8. The minimum atomic E-state index is -0.770. The third kappa shape index (κ3) is 9.06. The van der Waals surface area contributed by atoms with Crippen molar-refractivity contribution in [3.05, 3.63) is 10.1 Å². The predicted octanol–water partition coefficient (Wildman–Crippen LogP) is 4.71. The van der Waals surface area contributed by atoms with E-state index in [2.05, 4.69) is 65.7 Å². The van der Waals surface area contributed by atoms with Gasteiger partial charge in [-0.25, -0.2) is 15.1 Å². The number of guanidine groups is 1. The van der Waals surface area contributed by atoms with Crippen LogP contribution in [0.15, 0.2) is 4.99 Å². The molecule has 13 heteroatoms. The van der Waals surface area contributed by atoms with Gasteiger partial charge in [-0.2, -0.15) is 0 Å². The number of nitro groups is 1. The van der Waals surface area contributed by atoms with Crippen LogP contribution < -0.4 is 16.5 Å². The Balaban J connectivity index is 1.43. The van der Waals surface area contributed by atoms with Crippen LogP contribution in [0.5, 0.6) is 0 Å². The van der Waals surface area contributed by atoms with E-state index in [1.807, 2.05) is 5.43 Å². The Kier molecular flexibility index (Phi) is 12.4. The summed E-state index contributed by atoms with van der Waals surface area (Å²) in [5, 5.41) is 13.1. The van der Waals surface area contributed by atoms with E-state index in [1.54, 1.807) is 0 Å². The summed E-state index contributed by atoms with van der Waals surface area (Å²) in [6, 6.07) is 0. The summed E-state index contributed by atoms with van der Waals surface area (Å²) >= 11 is 0. The summed E-state index contributed by atoms with van der Waals surface area (Å²) in [6.07, 6.45) is 6.84. The van der Waals surface area contributed by atoms with Crippen LogP contribution in [0.3, 0.4) is 0 Å². The highest BCUT2D eigenvalue weighted by Crippen LogP contribution is 2.65. The molecule has 0 radical (unpaired) electrons. The monoisotopic (exact) mass is 661 g/mol. The maximum atomic E-state index is 14.0. The lowest BCUT2D eigenvalue weighted by Crippen LogP contribution is -2.65. The Morgan fingerprint density at radius 1 is 1.15 bits per heavy atom. The largest absolute Gasteiger partial charge is 0.481 e. The normalized spacial score (nSPS) is 32.8. The molecule has 1 heterocycles. The molecule has 9 atom stereocenters. The number of nitrogens with two attached hydrogens (primary N) is 1. The van der Waals surface area contributed by atoms with Crippen LogP contribution in [-0.2, 0) is 23.6 Å². The number of nitrogens with one attached hydrogen (secondary N) is 2. The van der Waals surface area contributed by atoms with Gasteiger partial charge >= 0.3 is 7.12 Å². The van der Waals surface area contributed by atoms with Crippen molar-refractivity contribution >= 4 is 24.8 Å². The first-order valence-electron chi connectivity index (χ1n) is 18.0. The summed E-state index contributed by atoms with van der Waals surface area (Å²) < 4.78 is 19.6. The quantitative estimate of drug-likeness (QED) is 0.0530. The summed E-state index contributed by atoms with van der Waals surface area (Å²) in [4.78, 5) is 42.0. The van der Waals surface area contributed by atoms with Crippen molar-refractivity contribution in [3.63, 3.8) is 0 Å². The molecule has 0 unspecified atom stereocenters. The van der Waals surface area contributed by atoms with E-state index in [-0.39, 0.29) is 66.7 Å². The molecule has 0 aromatic rings. The number of ketones is 1. The Labute approximate surface area is 281 Å². The zero-order chi connectivity index (χ0) is 34.7. The summed E-state index contributed by atoms with van der Waals surface area (Å²) in [7, 11) is -0.565. The van der Waals surface area contributed by atoms with E-state index in [4.69, 9.17) is 19.8 Å². The van der Waals surface area contributed by atoms with Crippen molar-refractivity contribution < 1.29 is 28.7 Å². The minimum Gasteiger partial charge on any atom is -0.404 e. The number of Topliss-reactive ketones (excluding diaryl/α,β-unsaturated/α-hetero) is 1. The number of rotatable bonds is 16. The molecule has 0 aromatic heterocycles. The van der Waals surface area contributed by atoms with Crippen molar-refractivity contribution in [1.29, 1.82) is 0 Å². The number of aliphatic imine (C=N–C) groups is 1. The van der Waals surface area contributed by atoms with Gasteiger partial charge in [0.25, 0.3) is 5.96 Å². The van der Waals surface area contributed by atoms with Crippen molar-refractivity contribution in [2.24, 2.45) is 57.6 Å². The van der Waals surface area contributed by atoms with Crippen molar-refractivity contribution in [2.75, 3.05) is 13.2 Å². The lowest BCUT2D eigenvalue weighted by molar-refractivity contribution is -0.525. The molecule has 4 aliphatic carbocycles. The number of ether oxygens (including phenoxy) is 1. The number of carbonyl (C=O) groups is 2. The van der Waals surface area contributed by atoms with Gasteiger partial charge in [0, 0.05) is 18.9 Å². The molecule has 5 fully saturated rings. The first-order chi connectivity index (χ1) is 22.0. The van der Waals surface area contributed by atoms with Gasteiger partial charge in [0.2, 0.25) is 5.91 Å². The molecular formula is C34H60BN5O7. The Hall–Kier alpha value is -2.25. The average Bonchev–Trinajstić information content (AvgIpc) is 3.33. The maximum absolute atomic E-state index is 14.0. The first kappa shape index (κ1) is 37.6. The van der Waals surface area contributed by atoms with Crippen LogP contribution in [0.4, 0.5) is 0 Å². The fraction of sp³-hybridized carbons (Fsp3) is 0.912. The van der Waals surface area contributed by atoms with Crippen LogP contribution in [0, 0.1) is 57.0 Å². The molecule has 1 amide bonds.